The molecule has 0 bridgehead atoms. The first-order chi connectivity index (χ1) is 13.0. The fraction of sp³-hybridized carbons (Fsp3) is 0.176. The fourth-order valence-corrected chi connectivity index (χ4v) is 2.74. The van der Waals surface area contributed by atoms with Crippen molar-refractivity contribution in [3.8, 4) is 22.8 Å². The highest BCUT2D eigenvalue weighted by Gasteiger charge is 2.19. The van der Waals surface area contributed by atoms with Crippen LogP contribution in [0.4, 0.5) is 0 Å². The predicted molar refractivity (Wildman–Crippen MR) is 96.1 cm³/mol. The number of hydrogen-bond acceptors (Lipinski definition) is 6. The van der Waals surface area contributed by atoms with Gasteiger partial charge in [0.05, 0.1) is 11.9 Å². The molecule has 0 aliphatic heterocycles. The molecule has 0 saturated heterocycles. The third-order valence-electron chi connectivity index (χ3n) is 4.08. The second-order valence-corrected chi connectivity index (χ2v) is 6.23. The average Bonchev–Trinajstić information content (AvgIpc) is 3.37. The summed E-state index contributed by atoms with van der Waals surface area (Å²) in [5.41, 5.74) is 8.09. The fourth-order valence-electron chi connectivity index (χ4n) is 2.74. The van der Waals surface area contributed by atoms with Gasteiger partial charge in [-0.05, 0) is 32.0 Å². The summed E-state index contributed by atoms with van der Waals surface area (Å²) in [6, 6.07) is 5.43. The zero-order valence-electron chi connectivity index (χ0n) is 14.6. The molecule has 0 aliphatic rings. The van der Waals surface area contributed by atoms with E-state index in [1.165, 1.54) is 10.7 Å². The van der Waals surface area contributed by atoms with Gasteiger partial charge in [-0.25, -0.2) is 14.5 Å². The molecule has 4 aromatic rings. The second-order valence-electron chi connectivity index (χ2n) is 6.23. The summed E-state index contributed by atoms with van der Waals surface area (Å²) in [5.74, 6) is -0.483. The number of fused-ring (bicyclic) bond motifs is 1. The highest BCUT2D eigenvalue weighted by Crippen LogP contribution is 2.28. The zero-order chi connectivity index (χ0) is 19.1. The lowest BCUT2D eigenvalue weighted by Crippen LogP contribution is -2.15. The Morgan fingerprint density at radius 2 is 2.04 bits per heavy atom. The molecule has 0 aromatic carbocycles. The summed E-state index contributed by atoms with van der Waals surface area (Å²) in [4.78, 5) is 34.2. The SMILES string of the molecule is CC(C)n1ccc(-c2nc(C=O)[nH]c2-c2ccc3ncc(C(N)=O)n3n2)n1. The molecule has 27 heavy (non-hydrogen) atoms. The van der Waals surface area contributed by atoms with Crippen molar-refractivity contribution in [2.45, 2.75) is 19.9 Å². The number of aromatic nitrogens is 7. The highest BCUT2D eigenvalue weighted by atomic mass is 16.1. The average molecular weight is 364 g/mol. The molecule has 4 aromatic heterocycles. The minimum Gasteiger partial charge on any atom is -0.364 e. The molecule has 1 amide bonds. The van der Waals surface area contributed by atoms with E-state index in [9.17, 15) is 9.59 Å². The maximum atomic E-state index is 11.6. The topological polar surface area (TPSA) is 137 Å². The first-order valence-electron chi connectivity index (χ1n) is 8.23. The van der Waals surface area contributed by atoms with Crippen molar-refractivity contribution < 1.29 is 9.59 Å². The molecule has 10 heteroatoms. The monoisotopic (exact) mass is 364 g/mol. The number of nitrogens with zero attached hydrogens (tertiary/aromatic N) is 6. The largest absolute Gasteiger partial charge is 0.364 e. The van der Waals surface area contributed by atoms with Gasteiger partial charge in [0.1, 0.15) is 22.8 Å². The Labute approximate surface area is 153 Å². The number of aldehydes is 1. The molecule has 0 fully saturated rings. The van der Waals surface area contributed by atoms with Gasteiger partial charge in [0.25, 0.3) is 5.91 Å². The van der Waals surface area contributed by atoms with Crippen molar-refractivity contribution >= 4 is 17.8 Å². The smallest absolute Gasteiger partial charge is 0.269 e. The van der Waals surface area contributed by atoms with Gasteiger partial charge in [0.15, 0.2) is 17.8 Å². The maximum absolute atomic E-state index is 11.6. The number of H-pyrrole nitrogens is 1. The third kappa shape index (κ3) is 2.76. The number of nitrogens with two attached hydrogens (primary N) is 1. The molecule has 4 rings (SSSR count). The number of aromatic amines is 1. The summed E-state index contributed by atoms with van der Waals surface area (Å²) in [7, 11) is 0. The van der Waals surface area contributed by atoms with E-state index in [-0.39, 0.29) is 17.6 Å². The minimum atomic E-state index is -0.638. The number of amides is 1. The van der Waals surface area contributed by atoms with Gasteiger partial charge in [-0.3, -0.25) is 14.3 Å². The number of carbonyl (C=O) groups excluding carboxylic acids is 2. The third-order valence-corrected chi connectivity index (χ3v) is 4.08. The van der Waals surface area contributed by atoms with Crippen molar-refractivity contribution in [3.63, 3.8) is 0 Å². The van der Waals surface area contributed by atoms with E-state index < -0.39 is 5.91 Å². The van der Waals surface area contributed by atoms with Crippen LogP contribution in [-0.2, 0) is 0 Å². The molecule has 0 unspecified atom stereocenters. The van der Waals surface area contributed by atoms with E-state index in [1.807, 2.05) is 26.1 Å². The molecule has 3 N–H and O–H groups in total. The zero-order valence-corrected chi connectivity index (χ0v) is 14.6. The lowest BCUT2D eigenvalue weighted by Gasteiger charge is -2.04. The van der Waals surface area contributed by atoms with Crippen LogP contribution in [0.2, 0.25) is 0 Å². The van der Waals surface area contributed by atoms with Crippen LogP contribution >= 0.6 is 0 Å². The minimum absolute atomic E-state index is 0.154. The number of imidazole rings is 2. The molecule has 10 nitrogen and oxygen atoms in total. The first-order valence-corrected chi connectivity index (χ1v) is 8.23. The van der Waals surface area contributed by atoms with Gasteiger partial charge in [-0.1, -0.05) is 0 Å². The van der Waals surface area contributed by atoms with Crippen LogP contribution < -0.4 is 5.73 Å². The normalized spacial score (nSPS) is 11.4. The molecule has 0 aliphatic carbocycles. The van der Waals surface area contributed by atoms with Gasteiger partial charge in [0, 0.05) is 12.2 Å². The molecular formula is C17H16N8O2. The summed E-state index contributed by atoms with van der Waals surface area (Å²) >= 11 is 0. The van der Waals surface area contributed by atoms with E-state index in [0.29, 0.717) is 34.7 Å². The number of nitrogens with one attached hydrogen (secondary N) is 1. The van der Waals surface area contributed by atoms with Crippen LogP contribution in [0.3, 0.4) is 0 Å². The van der Waals surface area contributed by atoms with E-state index in [1.54, 1.807) is 16.8 Å². The van der Waals surface area contributed by atoms with E-state index in [2.05, 4.69) is 25.1 Å². The van der Waals surface area contributed by atoms with Crippen molar-refractivity contribution in [1.82, 2.24) is 34.3 Å². The predicted octanol–water partition coefficient (Wildman–Crippen LogP) is 1.48. The Hall–Kier alpha value is -3.82. The Morgan fingerprint density at radius 3 is 2.70 bits per heavy atom. The number of hydrogen-bond donors (Lipinski definition) is 2. The summed E-state index contributed by atoms with van der Waals surface area (Å²) < 4.78 is 3.15. The molecule has 0 saturated carbocycles. The maximum Gasteiger partial charge on any atom is 0.269 e. The van der Waals surface area contributed by atoms with Gasteiger partial charge in [-0.15, -0.1) is 0 Å². The summed E-state index contributed by atoms with van der Waals surface area (Å²) in [6.07, 6.45) is 3.83. The molecule has 0 spiro atoms. The quantitative estimate of drug-likeness (QED) is 0.515. The molecule has 0 atom stereocenters. The van der Waals surface area contributed by atoms with Gasteiger partial charge in [0.2, 0.25) is 0 Å². The number of carbonyl (C=O) groups is 2. The van der Waals surface area contributed by atoms with Crippen molar-refractivity contribution in [3.05, 3.63) is 42.1 Å². The van der Waals surface area contributed by atoms with Gasteiger partial charge in [-0.2, -0.15) is 10.2 Å². The van der Waals surface area contributed by atoms with Crippen LogP contribution in [0.5, 0.6) is 0 Å². The Kier molecular flexibility index (Phi) is 3.80. The lowest BCUT2D eigenvalue weighted by atomic mass is 10.2. The van der Waals surface area contributed by atoms with E-state index in [4.69, 9.17) is 5.73 Å². The first kappa shape index (κ1) is 16.6. The van der Waals surface area contributed by atoms with Crippen molar-refractivity contribution in [2.75, 3.05) is 0 Å². The molecule has 0 radical (unpaired) electrons. The molecule has 4 heterocycles. The van der Waals surface area contributed by atoms with Crippen LogP contribution in [0.25, 0.3) is 28.4 Å². The van der Waals surface area contributed by atoms with Crippen LogP contribution in [0.15, 0.2) is 30.6 Å². The Balaban J connectivity index is 1.89. The van der Waals surface area contributed by atoms with Crippen molar-refractivity contribution in [2.24, 2.45) is 5.73 Å². The lowest BCUT2D eigenvalue weighted by molar-refractivity contribution is 0.0993. The van der Waals surface area contributed by atoms with E-state index in [0.717, 1.165) is 0 Å². The Bertz CT molecular complexity index is 1170. The summed E-state index contributed by atoms with van der Waals surface area (Å²) in [6.45, 7) is 4.03. The number of primary amides is 1. The van der Waals surface area contributed by atoms with Gasteiger partial charge >= 0.3 is 0 Å². The highest BCUT2D eigenvalue weighted by molar-refractivity contribution is 5.91. The molecular weight excluding hydrogens is 348 g/mol. The standard InChI is InChI=1S/C17H16N8O2/c1-9(2)24-6-5-11(22-24)16-15(20-13(8-26)21-16)10-3-4-14-19-7-12(17(18)27)25(14)23-10/h3-9H,1-2H3,(H2,18,27)(H,20,21). The van der Waals surface area contributed by atoms with Crippen LogP contribution in [-0.4, -0.2) is 46.5 Å². The Morgan fingerprint density at radius 1 is 1.22 bits per heavy atom. The van der Waals surface area contributed by atoms with Crippen LogP contribution in [0, 0.1) is 0 Å². The second kappa shape index (κ2) is 6.16. The van der Waals surface area contributed by atoms with Crippen LogP contribution in [0.1, 0.15) is 41.0 Å². The molecule has 136 valence electrons. The van der Waals surface area contributed by atoms with E-state index >= 15 is 0 Å². The number of rotatable bonds is 5. The van der Waals surface area contributed by atoms with Gasteiger partial charge < -0.3 is 10.7 Å². The van der Waals surface area contributed by atoms with Crippen molar-refractivity contribution in [1.29, 1.82) is 0 Å². The summed E-state index contributed by atoms with van der Waals surface area (Å²) in [5, 5.41) is 8.94.